The number of anilines is 1. The first-order valence-corrected chi connectivity index (χ1v) is 7.11. The molecule has 0 spiro atoms. The molecule has 0 amide bonds. The van der Waals surface area contributed by atoms with Crippen LogP contribution in [0, 0.1) is 0 Å². The van der Waals surface area contributed by atoms with Crippen LogP contribution in [0.4, 0.5) is 5.69 Å². The molecule has 0 heterocycles. The smallest absolute Gasteiger partial charge is 0.305 e. The zero-order valence-corrected chi connectivity index (χ0v) is 12.7. The third-order valence-electron chi connectivity index (χ3n) is 3.19. The number of benzene rings is 1. The van der Waals surface area contributed by atoms with Crippen LogP contribution in [0.15, 0.2) is 30.3 Å². The lowest BCUT2D eigenvalue weighted by Crippen LogP contribution is -2.26. The Bertz CT molecular complexity index is 411. The third-order valence-corrected chi connectivity index (χ3v) is 3.19. The molecule has 5 nitrogen and oxygen atoms in total. The maximum atomic E-state index is 11.2. The van der Waals surface area contributed by atoms with Gasteiger partial charge >= 0.3 is 11.9 Å². The molecule has 1 aromatic rings. The van der Waals surface area contributed by atoms with Crippen LogP contribution in [0.3, 0.4) is 0 Å². The third kappa shape index (κ3) is 6.79. The van der Waals surface area contributed by atoms with E-state index in [0.717, 1.165) is 31.6 Å². The van der Waals surface area contributed by atoms with Crippen molar-refractivity contribution in [3.8, 4) is 0 Å². The van der Waals surface area contributed by atoms with Gasteiger partial charge in [-0.1, -0.05) is 18.2 Å². The second-order valence-electron chi connectivity index (χ2n) is 4.68. The summed E-state index contributed by atoms with van der Waals surface area (Å²) in [5, 5.41) is 0. The predicted octanol–water partition coefficient (Wildman–Crippen LogP) is 2.40. The van der Waals surface area contributed by atoms with E-state index in [0.29, 0.717) is 12.8 Å². The lowest BCUT2D eigenvalue weighted by molar-refractivity contribution is -0.141. The Kier molecular flexibility index (Phi) is 7.94. The minimum atomic E-state index is -0.197. The molecule has 0 N–H and O–H groups in total. The number of para-hydroxylation sites is 1. The number of carbonyl (C=O) groups is 2. The van der Waals surface area contributed by atoms with Crippen molar-refractivity contribution in [2.45, 2.75) is 25.7 Å². The van der Waals surface area contributed by atoms with Crippen molar-refractivity contribution in [1.29, 1.82) is 0 Å². The SMILES string of the molecule is COC(=O)CCCN(CCCC(=O)OC)c1ccccc1. The van der Waals surface area contributed by atoms with E-state index in [1.807, 2.05) is 30.3 Å². The molecule has 0 unspecified atom stereocenters. The van der Waals surface area contributed by atoms with Gasteiger partial charge in [0.25, 0.3) is 0 Å². The average Bonchev–Trinajstić information content (AvgIpc) is 2.53. The minimum absolute atomic E-state index is 0.197. The molecule has 0 aliphatic rings. The summed E-state index contributed by atoms with van der Waals surface area (Å²) in [5.41, 5.74) is 1.09. The van der Waals surface area contributed by atoms with E-state index in [1.165, 1.54) is 14.2 Å². The Hall–Kier alpha value is -2.04. The Morgan fingerprint density at radius 1 is 0.905 bits per heavy atom. The fraction of sp³-hybridized carbons (Fsp3) is 0.500. The van der Waals surface area contributed by atoms with Crippen molar-refractivity contribution < 1.29 is 19.1 Å². The van der Waals surface area contributed by atoms with Gasteiger partial charge in [-0.2, -0.15) is 0 Å². The minimum Gasteiger partial charge on any atom is -0.469 e. The second-order valence-corrected chi connectivity index (χ2v) is 4.68. The highest BCUT2D eigenvalue weighted by Crippen LogP contribution is 2.15. The summed E-state index contributed by atoms with van der Waals surface area (Å²) in [7, 11) is 2.79. The Morgan fingerprint density at radius 2 is 1.38 bits per heavy atom. The molecule has 0 radical (unpaired) electrons. The summed E-state index contributed by atoms with van der Waals surface area (Å²) in [6, 6.07) is 9.96. The van der Waals surface area contributed by atoms with Crippen molar-refractivity contribution in [3.63, 3.8) is 0 Å². The largest absolute Gasteiger partial charge is 0.469 e. The summed E-state index contributed by atoms with van der Waals surface area (Å²) in [4.78, 5) is 24.5. The van der Waals surface area contributed by atoms with Gasteiger partial charge in [-0.15, -0.1) is 0 Å². The van der Waals surface area contributed by atoms with Crippen LogP contribution in [0.2, 0.25) is 0 Å². The first-order chi connectivity index (χ1) is 10.2. The fourth-order valence-electron chi connectivity index (χ4n) is 2.04. The lowest BCUT2D eigenvalue weighted by atomic mass is 10.2. The van der Waals surface area contributed by atoms with Gasteiger partial charge in [-0.3, -0.25) is 9.59 Å². The van der Waals surface area contributed by atoms with Gasteiger partial charge in [-0.25, -0.2) is 0 Å². The number of carbonyl (C=O) groups excluding carboxylic acids is 2. The van der Waals surface area contributed by atoms with E-state index < -0.39 is 0 Å². The number of esters is 2. The monoisotopic (exact) mass is 293 g/mol. The lowest BCUT2D eigenvalue weighted by Gasteiger charge is -2.24. The first kappa shape index (κ1) is 17.0. The molecule has 0 saturated heterocycles. The predicted molar refractivity (Wildman–Crippen MR) is 81.2 cm³/mol. The van der Waals surface area contributed by atoms with Crippen molar-refractivity contribution in [3.05, 3.63) is 30.3 Å². The number of nitrogens with zero attached hydrogens (tertiary/aromatic N) is 1. The summed E-state index contributed by atoms with van der Waals surface area (Å²) < 4.78 is 9.29. The zero-order valence-electron chi connectivity index (χ0n) is 12.7. The summed E-state index contributed by atoms with van der Waals surface area (Å²) in [6.07, 6.45) is 2.24. The van der Waals surface area contributed by atoms with Crippen LogP contribution in [0.25, 0.3) is 0 Å². The second kappa shape index (κ2) is 9.80. The van der Waals surface area contributed by atoms with Crippen molar-refractivity contribution in [2.75, 3.05) is 32.2 Å². The molecule has 0 atom stereocenters. The molecular weight excluding hydrogens is 270 g/mol. The van der Waals surface area contributed by atoms with Crippen LogP contribution in [-0.2, 0) is 19.1 Å². The number of hydrogen-bond donors (Lipinski definition) is 0. The number of hydrogen-bond acceptors (Lipinski definition) is 5. The van der Waals surface area contributed by atoms with E-state index in [4.69, 9.17) is 0 Å². The van der Waals surface area contributed by atoms with Gasteiger partial charge in [0.2, 0.25) is 0 Å². The maximum Gasteiger partial charge on any atom is 0.305 e. The van der Waals surface area contributed by atoms with E-state index in [1.54, 1.807) is 0 Å². The van der Waals surface area contributed by atoms with E-state index >= 15 is 0 Å². The Morgan fingerprint density at radius 3 is 1.81 bits per heavy atom. The first-order valence-electron chi connectivity index (χ1n) is 7.11. The van der Waals surface area contributed by atoms with E-state index in [-0.39, 0.29) is 11.9 Å². The van der Waals surface area contributed by atoms with Gasteiger partial charge < -0.3 is 14.4 Å². The molecule has 21 heavy (non-hydrogen) atoms. The topological polar surface area (TPSA) is 55.8 Å². The highest BCUT2D eigenvalue weighted by Gasteiger charge is 2.09. The van der Waals surface area contributed by atoms with Crippen molar-refractivity contribution >= 4 is 17.6 Å². The molecule has 0 bridgehead atoms. The highest BCUT2D eigenvalue weighted by molar-refractivity contribution is 5.69. The summed E-state index contributed by atoms with van der Waals surface area (Å²) in [5.74, 6) is -0.393. The van der Waals surface area contributed by atoms with Crippen molar-refractivity contribution in [1.82, 2.24) is 0 Å². The van der Waals surface area contributed by atoms with Crippen LogP contribution >= 0.6 is 0 Å². The van der Waals surface area contributed by atoms with E-state index in [9.17, 15) is 9.59 Å². The van der Waals surface area contributed by atoms with Crippen LogP contribution in [0.5, 0.6) is 0 Å². The van der Waals surface area contributed by atoms with Gasteiger partial charge in [0.15, 0.2) is 0 Å². The number of methoxy groups -OCH3 is 2. The van der Waals surface area contributed by atoms with Crippen LogP contribution < -0.4 is 4.90 Å². The number of rotatable bonds is 9. The van der Waals surface area contributed by atoms with Crippen LogP contribution in [0.1, 0.15) is 25.7 Å². The maximum absolute atomic E-state index is 11.2. The zero-order chi connectivity index (χ0) is 15.5. The van der Waals surface area contributed by atoms with Gasteiger partial charge in [-0.05, 0) is 25.0 Å². The fourth-order valence-corrected chi connectivity index (χ4v) is 2.04. The molecule has 1 rings (SSSR count). The molecule has 1 aromatic carbocycles. The molecule has 0 aromatic heterocycles. The Labute approximate surface area is 125 Å². The quantitative estimate of drug-likeness (QED) is 0.654. The normalized spacial score (nSPS) is 10.0. The van der Waals surface area contributed by atoms with Gasteiger partial charge in [0, 0.05) is 31.6 Å². The van der Waals surface area contributed by atoms with Gasteiger partial charge in [0.05, 0.1) is 14.2 Å². The standard InChI is InChI=1S/C16H23NO4/c1-20-15(18)10-6-12-17(13-7-11-16(19)21-2)14-8-4-3-5-9-14/h3-5,8-9H,6-7,10-13H2,1-2H3. The molecular formula is C16H23NO4. The molecule has 0 aliphatic carbocycles. The molecule has 5 heteroatoms. The van der Waals surface area contributed by atoms with Crippen molar-refractivity contribution in [2.24, 2.45) is 0 Å². The highest BCUT2D eigenvalue weighted by atomic mass is 16.5. The Balaban J connectivity index is 2.50. The van der Waals surface area contributed by atoms with Gasteiger partial charge in [0.1, 0.15) is 0 Å². The summed E-state index contributed by atoms with van der Waals surface area (Å²) >= 11 is 0. The molecule has 0 aliphatic heterocycles. The molecule has 0 saturated carbocycles. The average molecular weight is 293 g/mol. The number of ether oxygens (including phenoxy) is 2. The summed E-state index contributed by atoms with van der Waals surface area (Å²) in [6.45, 7) is 1.50. The molecule has 0 fully saturated rings. The van der Waals surface area contributed by atoms with E-state index in [2.05, 4.69) is 14.4 Å². The van der Waals surface area contributed by atoms with Crippen LogP contribution in [-0.4, -0.2) is 39.2 Å². The molecule has 116 valence electrons.